The molecule has 1 aromatic rings. The lowest BCUT2D eigenvalue weighted by atomic mass is 10.2. The second-order valence-electron chi connectivity index (χ2n) is 3.65. The Kier molecular flexibility index (Phi) is 6.90. The molecule has 1 rings (SSSR count). The molecule has 0 aliphatic heterocycles. The Morgan fingerprint density at radius 3 is 3.06 bits per heavy atom. The molecular formula is C13H19NO2S. The zero-order chi connectivity index (χ0) is 12.5. The van der Waals surface area contributed by atoms with E-state index in [9.17, 15) is 0 Å². The van der Waals surface area contributed by atoms with E-state index >= 15 is 0 Å². The summed E-state index contributed by atoms with van der Waals surface area (Å²) in [6.07, 6.45) is 0. The number of rotatable bonds is 6. The second kappa shape index (κ2) is 8.26. The average Bonchev–Trinajstić information content (AvgIpc) is 2.74. The van der Waals surface area contributed by atoms with Crippen LogP contribution in [0, 0.1) is 11.8 Å². The average molecular weight is 253 g/mol. The lowest BCUT2D eigenvalue weighted by Gasteiger charge is -2.15. The summed E-state index contributed by atoms with van der Waals surface area (Å²) in [4.78, 5) is 3.45. The Bertz CT molecular complexity index is 378. The van der Waals surface area contributed by atoms with E-state index in [2.05, 4.69) is 23.8 Å². The van der Waals surface area contributed by atoms with Gasteiger partial charge in [-0.25, -0.2) is 0 Å². The van der Waals surface area contributed by atoms with E-state index < -0.39 is 0 Å². The summed E-state index contributed by atoms with van der Waals surface area (Å²) < 4.78 is 5.32. The number of likely N-dealkylation sites (N-methyl/N-ethyl adjacent to an activating group) is 1. The maximum Gasteiger partial charge on any atom is 0.104 e. The quantitative estimate of drug-likeness (QED) is 0.617. The van der Waals surface area contributed by atoms with E-state index in [1.165, 1.54) is 4.88 Å². The van der Waals surface area contributed by atoms with Crippen LogP contribution >= 0.6 is 11.3 Å². The highest BCUT2D eigenvalue weighted by Gasteiger charge is 2.05. The van der Waals surface area contributed by atoms with E-state index in [0.717, 1.165) is 31.9 Å². The molecule has 0 spiro atoms. The molecule has 1 aromatic heterocycles. The molecule has 17 heavy (non-hydrogen) atoms. The highest BCUT2D eigenvalue weighted by Crippen LogP contribution is 2.17. The fourth-order valence-electron chi connectivity index (χ4n) is 1.40. The number of aliphatic hydroxyl groups excluding tert-OH is 1. The smallest absolute Gasteiger partial charge is 0.104 e. The first-order valence-electron chi connectivity index (χ1n) is 5.70. The monoisotopic (exact) mass is 253 g/mol. The van der Waals surface area contributed by atoms with E-state index in [-0.39, 0.29) is 6.61 Å². The second-order valence-corrected chi connectivity index (χ2v) is 4.65. The highest BCUT2D eigenvalue weighted by atomic mass is 32.1. The molecular weight excluding hydrogens is 234 g/mol. The Hall–Kier alpha value is -0.860. The molecule has 0 aliphatic carbocycles. The topological polar surface area (TPSA) is 32.7 Å². The Morgan fingerprint density at radius 1 is 1.53 bits per heavy atom. The van der Waals surface area contributed by atoms with E-state index in [1.54, 1.807) is 11.3 Å². The largest absolute Gasteiger partial charge is 0.384 e. The van der Waals surface area contributed by atoms with Crippen LogP contribution in [0.4, 0.5) is 0 Å². The molecule has 0 saturated heterocycles. The number of thiophene rings is 1. The van der Waals surface area contributed by atoms with Gasteiger partial charge in [0.25, 0.3) is 0 Å². The van der Waals surface area contributed by atoms with Gasteiger partial charge in [0.15, 0.2) is 0 Å². The van der Waals surface area contributed by atoms with Crippen molar-refractivity contribution in [2.45, 2.75) is 13.5 Å². The molecule has 0 saturated carbocycles. The first-order chi connectivity index (χ1) is 8.27. The molecule has 3 nitrogen and oxygen atoms in total. The first kappa shape index (κ1) is 14.2. The summed E-state index contributed by atoms with van der Waals surface area (Å²) in [5, 5.41) is 10.7. The summed E-state index contributed by atoms with van der Waals surface area (Å²) in [6.45, 7) is 5.23. The van der Waals surface area contributed by atoms with Crippen LogP contribution in [0.3, 0.4) is 0 Å². The summed E-state index contributed by atoms with van der Waals surface area (Å²) in [7, 11) is 2.07. The van der Waals surface area contributed by atoms with Crippen molar-refractivity contribution in [1.82, 2.24) is 4.90 Å². The molecule has 0 fully saturated rings. The van der Waals surface area contributed by atoms with Crippen molar-refractivity contribution in [2.75, 3.05) is 33.4 Å². The maximum atomic E-state index is 8.68. The van der Waals surface area contributed by atoms with E-state index in [0.29, 0.717) is 0 Å². The van der Waals surface area contributed by atoms with Gasteiger partial charge in [0.1, 0.15) is 6.61 Å². The lowest BCUT2D eigenvalue weighted by Crippen LogP contribution is -2.22. The van der Waals surface area contributed by atoms with Crippen LogP contribution < -0.4 is 0 Å². The van der Waals surface area contributed by atoms with Crippen molar-refractivity contribution in [1.29, 1.82) is 0 Å². The van der Waals surface area contributed by atoms with Gasteiger partial charge in [-0.1, -0.05) is 11.8 Å². The number of hydrogen-bond donors (Lipinski definition) is 1. The number of aliphatic hydroxyl groups is 1. The molecule has 1 N–H and O–H groups in total. The SMILES string of the molecule is CCOCCN(C)Cc1sccc1C#CCO. The van der Waals surface area contributed by atoms with Gasteiger partial charge >= 0.3 is 0 Å². The zero-order valence-corrected chi connectivity index (χ0v) is 11.2. The number of nitrogens with zero attached hydrogens (tertiary/aromatic N) is 1. The standard InChI is InChI=1S/C13H19NO2S/c1-3-16-9-7-14(2)11-13-12(5-4-8-15)6-10-17-13/h6,10,15H,3,7-9,11H2,1-2H3. The van der Waals surface area contributed by atoms with Gasteiger partial charge in [0.05, 0.1) is 6.61 Å². The van der Waals surface area contributed by atoms with Gasteiger partial charge in [-0.3, -0.25) is 4.90 Å². The normalized spacial score (nSPS) is 10.4. The van der Waals surface area contributed by atoms with E-state index in [1.807, 2.05) is 18.4 Å². The number of ether oxygens (including phenoxy) is 1. The molecule has 0 aliphatic rings. The third kappa shape index (κ3) is 5.33. The molecule has 0 aromatic carbocycles. The van der Waals surface area contributed by atoms with Crippen LogP contribution in [-0.2, 0) is 11.3 Å². The summed E-state index contributed by atoms with van der Waals surface area (Å²) in [5.41, 5.74) is 1.02. The van der Waals surface area contributed by atoms with E-state index in [4.69, 9.17) is 9.84 Å². The summed E-state index contributed by atoms with van der Waals surface area (Å²) in [5.74, 6) is 5.65. The first-order valence-corrected chi connectivity index (χ1v) is 6.58. The van der Waals surface area contributed by atoms with Gasteiger partial charge in [-0.2, -0.15) is 0 Å². The van der Waals surface area contributed by atoms with Crippen molar-refractivity contribution in [3.05, 3.63) is 21.9 Å². The fraction of sp³-hybridized carbons (Fsp3) is 0.538. The summed E-state index contributed by atoms with van der Waals surface area (Å²) >= 11 is 1.70. The van der Waals surface area contributed by atoms with Gasteiger partial charge in [0, 0.05) is 30.1 Å². The molecule has 0 atom stereocenters. The molecule has 0 unspecified atom stereocenters. The molecule has 0 amide bonds. The van der Waals surface area contributed by atoms with Crippen molar-refractivity contribution in [2.24, 2.45) is 0 Å². The highest BCUT2D eigenvalue weighted by molar-refractivity contribution is 7.10. The molecule has 4 heteroatoms. The van der Waals surface area contributed by atoms with Gasteiger partial charge < -0.3 is 9.84 Å². The van der Waals surface area contributed by atoms with Crippen LogP contribution in [0.1, 0.15) is 17.4 Å². The lowest BCUT2D eigenvalue weighted by molar-refractivity contribution is 0.120. The van der Waals surface area contributed by atoms with Gasteiger partial charge in [-0.15, -0.1) is 11.3 Å². The van der Waals surface area contributed by atoms with Crippen LogP contribution in [-0.4, -0.2) is 43.4 Å². The number of hydrogen-bond acceptors (Lipinski definition) is 4. The fourth-order valence-corrected chi connectivity index (χ4v) is 2.31. The molecule has 94 valence electrons. The minimum Gasteiger partial charge on any atom is -0.384 e. The van der Waals surface area contributed by atoms with Crippen molar-refractivity contribution in [3.8, 4) is 11.8 Å². The van der Waals surface area contributed by atoms with Gasteiger partial charge in [-0.05, 0) is 25.4 Å². The Labute approximate surface area is 107 Å². The molecule has 0 bridgehead atoms. The minimum atomic E-state index is -0.0878. The Morgan fingerprint density at radius 2 is 2.35 bits per heavy atom. The van der Waals surface area contributed by atoms with Crippen LogP contribution in [0.2, 0.25) is 0 Å². The third-order valence-electron chi connectivity index (χ3n) is 2.28. The van der Waals surface area contributed by atoms with Crippen molar-refractivity contribution in [3.63, 3.8) is 0 Å². The van der Waals surface area contributed by atoms with Crippen molar-refractivity contribution < 1.29 is 9.84 Å². The van der Waals surface area contributed by atoms with Crippen LogP contribution in [0.5, 0.6) is 0 Å². The van der Waals surface area contributed by atoms with Crippen molar-refractivity contribution >= 4 is 11.3 Å². The molecule has 0 radical (unpaired) electrons. The van der Waals surface area contributed by atoms with Gasteiger partial charge in [0.2, 0.25) is 0 Å². The summed E-state index contributed by atoms with van der Waals surface area (Å²) in [6, 6.07) is 2.00. The zero-order valence-electron chi connectivity index (χ0n) is 10.4. The Balaban J connectivity index is 2.47. The predicted molar refractivity (Wildman–Crippen MR) is 71.1 cm³/mol. The third-order valence-corrected chi connectivity index (χ3v) is 3.19. The van der Waals surface area contributed by atoms with Crippen LogP contribution in [0.15, 0.2) is 11.4 Å². The minimum absolute atomic E-state index is 0.0878. The maximum absolute atomic E-state index is 8.68. The predicted octanol–water partition coefficient (Wildman–Crippen LogP) is 1.56. The van der Waals surface area contributed by atoms with Crippen LogP contribution in [0.25, 0.3) is 0 Å². The molecule has 1 heterocycles.